The molecule has 0 aliphatic carbocycles. The Morgan fingerprint density at radius 2 is 1.74 bits per heavy atom. The van der Waals surface area contributed by atoms with Gasteiger partial charge in [-0.2, -0.15) is 4.98 Å². The van der Waals surface area contributed by atoms with Gasteiger partial charge in [0.05, 0.1) is 17.7 Å². The third-order valence-corrected chi connectivity index (χ3v) is 6.43. The highest BCUT2D eigenvalue weighted by molar-refractivity contribution is 5.65. The number of ether oxygens (including phenoxy) is 1. The fourth-order valence-electron chi connectivity index (χ4n) is 4.56. The van der Waals surface area contributed by atoms with Gasteiger partial charge >= 0.3 is 0 Å². The number of nitrogens with zero attached hydrogens (tertiary/aromatic N) is 3. The molecule has 0 aliphatic heterocycles. The molecule has 6 nitrogen and oxygen atoms in total. The minimum atomic E-state index is -0.726. The van der Waals surface area contributed by atoms with Crippen LogP contribution < -0.4 is 5.56 Å². The molecule has 1 atom stereocenters. The van der Waals surface area contributed by atoms with E-state index >= 15 is 0 Å². The number of pyridine rings is 1. The van der Waals surface area contributed by atoms with Gasteiger partial charge in [0.2, 0.25) is 5.88 Å². The summed E-state index contributed by atoms with van der Waals surface area (Å²) in [4.78, 5) is 21.7. The van der Waals surface area contributed by atoms with Crippen molar-refractivity contribution in [2.24, 2.45) is 0 Å². The third kappa shape index (κ3) is 5.97. The summed E-state index contributed by atoms with van der Waals surface area (Å²) >= 11 is 0. The average molecular weight is 520 g/mol. The summed E-state index contributed by atoms with van der Waals surface area (Å²) in [7, 11) is 0. The molecule has 4 aromatic rings. The molecule has 8 heteroatoms. The van der Waals surface area contributed by atoms with E-state index < -0.39 is 23.2 Å². The summed E-state index contributed by atoms with van der Waals surface area (Å²) in [5.74, 6) is -1.56. The molecule has 38 heavy (non-hydrogen) atoms. The summed E-state index contributed by atoms with van der Waals surface area (Å²) < 4.78 is 35.4. The van der Waals surface area contributed by atoms with E-state index in [1.165, 1.54) is 16.7 Å². The van der Waals surface area contributed by atoms with Gasteiger partial charge in [0, 0.05) is 29.9 Å². The van der Waals surface area contributed by atoms with Gasteiger partial charge in [-0.05, 0) is 62.1 Å². The number of hydrogen-bond donors (Lipinski definition) is 1. The largest absolute Gasteiger partial charge is 0.494 e. The van der Waals surface area contributed by atoms with Crippen LogP contribution in [0, 0.1) is 18.6 Å². The fourth-order valence-corrected chi connectivity index (χ4v) is 4.56. The van der Waals surface area contributed by atoms with Crippen molar-refractivity contribution in [1.82, 2.24) is 14.5 Å². The lowest BCUT2D eigenvalue weighted by atomic mass is 9.99. The Bertz CT molecular complexity index is 1460. The molecule has 2 heterocycles. The van der Waals surface area contributed by atoms with Crippen molar-refractivity contribution in [2.75, 3.05) is 0 Å². The van der Waals surface area contributed by atoms with Crippen LogP contribution in [0.15, 0.2) is 65.6 Å². The van der Waals surface area contributed by atoms with Crippen LogP contribution in [0.2, 0.25) is 0 Å². The molecule has 1 N–H and O–H groups in total. The van der Waals surface area contributed by atoms with E-state index in [4.69, 9.17) is 4.74 Å². The zero-order valence-electron chi connectivity index (χ0n) is 21.9. The van der Waals surface area contributed by atoms with Crippen molar-refractivity contribution in [2.45, 2.75) is 59.3 Å². The molecular formula is C30H31F2N3O3. The Morgan fingerprint density at radius 3 is 2.34 bits per heavy atom. The molecule has 0 spiro atoms. The van der Waals surface area contributed by atoms with Crippen LogP contribution in [-0.2, 0) is 17.8 Å². The van der Waals surface area contributed by atoms with E-state index in [2.05, 4.69) is 9.97 Å². The normalized spacial score (nSPS) is 12.2. The molecule has 0 fully saturated rings. The van der Waals surface area contributed by atoms with Gasteiger partial charge in [-0.1, -0.05) is 37.3 Å². The highest BCUT2D eigenvalue weighted by Crippen LogP contribution is 2.31. The minimum Gasteiger partial charge on any atom is -0.494 e. The van der Waals surface area contributed by atoms with Gasteiger partial charge in [-0.15, -0.1) is 0 Å². The second-order valence-electron chi connectivity index (χ2n) is 9.50. The molecule has 0 saturated carbocycles. The summed E-state index contributed by atoms with van der Waals surface area (Å²) in [6.07, 6.45) is 2.10. The van der Waals surface area contributed by atoms with Crippen molar-refractivity contribution in [3.05, 3.63) is 111 Å². The second-order valence-corrected chi connectivity index (χ2v) is 9.50. The molecule has 0 saturated heterocycles. The molecule has 0 bridgehead atoms. The second kappa shape index (κ2) is 11.6. The van der Waals surface area contributed by atoms with E-state index in [1.807, 2.05) is 64.1 Å². The molecular weight excluding hydrogens is 488 g/mol. The number of aromatic nitrogens is 3. The van der Waals surface area contributed by atoms with Crippen LogP contribution >= 0.6 is 0 Å². The fraction of sp³-hybridized carbons (Fsp3) is 0.300. The Hall–Kier alpha value is -3.91. The van der Waals surface area contributed by atoms with Crippen LogP contribution in [0.1, 0.15) is 61.4 Å². The number of hydrogen-bond acceptors (Lipinski definition) is 5. The van der Waals surface area contributed by atoms with Crippen molar-refractivity contribution in [3.8, 4) is 17.0 Å². The summed E-state index contributed by atoms with van der Waals surface area (Å²) in [5.41, 5.74) is 3.54. The predicted octanol–water partition coefficient (Wildman–Crippen LogP) is 6.11. The van der Waals surface area contributed by atoms with Crippen molar-refractivity contribution in [3.63, 3.8) is 0 Å². The van der Waals surface area contributed by atoms with Crippen LogP contribution in [0.3, 0.4) is 0 Å². The maximum atomic E-state index is 14.1. The minimum absolute atomic E-state index is 0.0474. The first-order valence-corrected chi connectivity index (χ1v) is 12.6. The van der Waals surface area contributed by atoms with Gasteiger partial charge in [-0.25, -0.2) is 8.78 Å². The molecule has 2 aromatic carbocycles. The van der Waals surface area contributed by atoms with Crippen molar-refractivity contribution < 1.29 is 18.6 Å². The van der Waals surface area contributed by atoms with E-state index in [-0.39, 0.29) is 36.4 Å². The number of rotatable bonds is 9. The van der Waals surface area contributed by atoms with E-state index in [9.17, 15) is 18.7 Å². The van der Waals surface area contributed by atoms with Gasteiger partial charge < -0.3 is 9.84 Å². The van der Waals surface area contributed by atoms with Gasteiger partial charge in [0.15, 0.2) is 0 Å². The number of aryl methyl sites for hydroxylation is 1. The highest BCUT2D eigenvalue weighted by Gasteiger charge is 2.24. The number of aromatic hydroxyl groups is 1. The van der Waals surface area contributed by atoms with Gasteiger partial charge in [0.1, 0.15) is 24.1 Å². The van der Waals surface area contributed by atoms with Crippen LogP contribution in [0.5, 0.6) is 5.88 Å². The molecule has 0 radical (unpaired) electrons. The molecule has 1 unspecified atom stereocenters. The highest BCUT2D eigenvalue weighted by atomic mass is 19.1. The lowest BCUT2D eigenvalue weighted by molar-refractivity contribution is 0.0573. The molecule has 198 valence electrons. The smallest absolute Gasteiger partial charge is 0.280 e. The molecule has 0 aliphatic rings. The summed E-state index contributed by atoms with van der Waals surface area (Å²) in [6.45, 7) is 7.40. The first-order chi connectivity index (χ1) is 18.2. The zero-order chi connectivity index (χ0) is 27.4. The Balaban J connectivity index is 1.77. The molecule has 4 rings (SSSR count). The average Bonchev–Trinajstić information content (AvgIpc) is 2.87. The van der Waals surface area contributed by atoms with Crippen molar-refractivity contribution in [1.29, 1.82) is 0 Å². The van der Waals surface area contributed by atoms with Crippen LogP contribution in [-0.4, -0.2) is 25.7 Å². The predicted molar refractivity (Wildman–Crippen MR) is 142 cm³/mol. The molecule has 0 amide bonds. The maximum Gasteiger partial charge on any atom is 0.280 e. The first kappa shape index (κ1) is 27.1. The monoisotopic (exact) mass is 519 g/mol. The summed E-state index contributed by atoms with van der Waals surface area (Å²) in [5, 5.41) is 11.4. The Labute approximate surface area is 220 Å². The quantitative estimate of drug-likeness (QED) is 0.289. The van der Waals surface area contributed by atoms with Gasteiger partial charge in [0.25, 0.3) is 5.56 Å². The Kier molecular flexibility index (Phi) is 8.32. The van der Waals surface area contributed by atoms with Crippen molar-refractivity contribution >= 4 is 0 Å². The van der Waals surface area contributed by atoms with E-state index in [1.54, 1.807) is 6.20 Å². The maximum absolute atomic E-state index is 14.1. The standard InChI is InChI=1S/C30H31F2N3O3/c1-5-27(22-14-23(31)16-24(32)15-22)35-28(17-38-18(2)3)34-29(36)26(30(35)37)13-20-8-10-21(11-9-20)25-7-6-12-33-19(25)4/h6-12,14-16,18,27,37H,5,13,17H2,1-4H3. The lowest BCUT2D eigenvalue weighted by Gasteiger charge is -2.25. The topological polar surface area (TPSA) is 77.2 Å². The Morgan fingerprint density at radius 1 is 1.05 bits per heavy atom. The lowest BCUT2D eigenvalue weighted by Crippen LogP contribution is -2.26. The number of benzene rings is 2. The molecule has 2 aromatic heterocycles. The van der Waals surface area contributed by atoms with Crippen LogP contribution in [0.4, 0.5) is 8.78 Å². The van der Waals surface area contributed by atoms with Crippen LogP contribution in [0.25, 0.3) is 11.1 Å². The van der Waals surface area contributed by atoms with E-state index in [0.717, 1.165) is 28.5 Å². The zero-order valence-corrected chi connectivity index (χ0v) is 21.9. The van der Waals surface area contributed by atoms with E-state index in [0.29, 0.717) is 12.0 Å². The SMILES string of the molecule is CCC(c1cc(F)cc(F)c1)n1c(COC(C)C)nc(=O)c(Cc2ccc(-c3cccnc3C)cc2)c1O. The van der Waals surface area contributed by atoms with Gasteiger partial charge in [-0.3, -0.25) is 14.3 Å². The summed E-state index contributed by atoms with van der Waals surface area (Å²) in [6, 6.07) is 14.1. The third-order valence-electron chi connectivity index (χ3n) is 6.43. The number of halogens is 2. The first-order valence-electron chi connectivity index (χ1n) is 12.6.